The molecule has 0 amide bonds. The highest BCUT2D eigenvalue weighted by Gasteiger charge is 2.11. The van der Waals surface area contributed by atoms with Crippen LogP contribution in [0.5, 0.6) is 5.75 Å². The quantitative estimate of drug-likeness (QED) is 0.772. The topological polar surface area (TPSA) is 76.7 Å². The van der Waals surface area contributed by atoms with E-state index in [0.717, 1.165) is 49.6 Å². The molecule has 130 valence electrons. The number of rotatable bonds is 7. The van der Waals surface area contributed by atoms with Crippen molar-refractivity contribution in [2.24, 2.45) is 0 Å². The Balaban J connectivity index is 1.55. The monoisotopic (exact) mass is 333 g/mol. The molecule has 3 rings (SSSR count). The van der Waals surface area contributed by atoms with E-state index >= 15 is 0 Å². The molecule has 24 heavy (non-hydrogen) atoms. The van der Waals surface area contributed by atoms with E-state index in [0.29, 0.717) is 19.0 Å². The van der Waals surface area contributed by atoms with Gasteiger partial charge >= 0.3 is 5.97 Å². The van der Waals surface area contributed by atoms with Crippen LogP contribution in [0, 0.1) is 0 Å². The van der Waals surface area contributed by atoms with Crippen LogP contribution in [0.3, 0.4) is 0 Å². The second-order valence-electron chi connectivity index (χ2n) is 5.65. The number of aromatic nitrogens is 2. The van der Waals surface area contributed by atoms with Gasteiger partial charge in [-0.1, -0.05) is 0 Å². The Morgan fingerprint density at radius 2 is 2.21 bits per heavy atom. The van der Waals surface area contributed by atoms with Crippen LogP contribution < -0.4 is 4.74 Å². The third kappa shape index (κ3) is 4.46. The third-order valence-electron chi connectivity index (χ3n) is 3.90. The Morgan fingerprint density at radius 3 is 3.00 bits per heavy atom. The molecule has 1 aliphatic heterocycles. The van der Waals surface area contributed by atoms with Crippen LogP contribution in [0.2, 0.25) is 0 Å². The lowest BCUT2D eigenvalue weighted by Gasteiger charge is -2.26. The van der Waals surface area contributed by atoms with E-state index < -0.39 is 0 Å². The molecule has 1 aliphatic rings. The van der Waals surface area contributed by atoms with Crippen LogP contribution in [0.1, 0.15) is 12.7 Å². The van der Waals surface area contributed by atoms with Gasteiger partial charge < -0.3 is 19.2 Å². The number of morpholine rings is 1. The Bertz CT molecular complexity index is 680. The first-order chi connectivity index (χ1) is 11.7. The first kappa shape index (κ1) is 16.7. The van der Waals surface area contributed by atoms with Crippen molar-refractivity contribution in [3.05, 3.63) is 24.0 Å². The van der Waals surface area contributed by atoms with Gasteiger partial charge in [0.1, 0.15) is 24.6 Å². The maximum Gasteiger partial charge on any atom is 0.313 e. The fraction of sp³-hybridized carbons (Fsp3) is 0.529. The summed E-state index contributed by atoms with van der Waals surface area (Å²) in [5.74, 6) is 1.11. The van der Waals surface area contributed by atoms with Crippen LogP contribution in [0.25, 0.3) is 11.0 Å². The zero-order valence-electron chi connectivity index (χ0n) is 13.9. The average molecular weight is 333 g/mol. The fourth-order valence-electron chi connectivity index (χ4n) is 2.68. The number of nitrogens with zero attached hydrogens (tertiary/aromatic N) is 2. The number of carbonyl (C=O) groups is 1. The van der Waals surface area contributed by atoms with Gasteiger partial charge in [-0.15, -0.1) is 0 Å². The van der Waals surface area contributed by atoms with E-state index in [1.807, 2.05) is 18.2 Å². The van der Waals surface area contributed by atoms with Gasteiger partial charge in [0.15, 0.2) is 0 Å². The second kappa shape index (κ2) is 8.12. The lowest BCUT2D eigenvalue weighted by Crippen LogP contribution is -2.38. The van der Waals surface area contributed by atoms with E-state index in [2.05, 4.69) is 14.9 Å². The fourth-order valence-corrected chi connectivity index (χ4v) is 2.68. The first-order valence-electron chi connectivity index (χ1n) is 8.32. The third-order valence-corrected chi connectivity index (χ3v) is 3.90. The molecule has 7 nitrogen and oxygen atoms in total. The number of imidazole rings is 1. The zero-order valence-corrected chi connectivity index (χ0v) is 13.9. The lowest BCUT2D eigenvalue weighted by atomic mass is 10.3. The molecule has 1 N–H and O–H groups in total. The number of carbonyl (C=O) groups excluding carboxylic acids is 1. The van der Waals surface area contributed by atoms with Crippen LogP contribution in [0.4, 0.5) is 0 Å². The Morgan fingerprint density at radius 1 is 1.38 bits per heavy atom. The largest absolute Gasteiger partial charge is 0.492 e. The molecule has 0 saturated carbocycles. The van der Waals surface area contributed by atoms with Crippen LogP contribution in [-0.2, 0) is 20.7 Å². The van der Waals surface area contributed by atoms with Crippen molar-refractivity contribution in [3.8, 4) is 5.75 Å². The van der Waals surface area contributed by atoms with Crippen molar-refractivity contribution in [3.63, 3.8) is 0 Å². The van der Waals surface area contributed by atoms with E-state index in [4.69, 9.17) is 14.2 Å². The molecule has 2 heterocycles. The highest BCUT2D eigenvalue weighted by molar-refractivity contribution is 5.78. The predicted molar refractivity (Wildman–Crippen MR) is 89.2 cm³/mol. The minimum Gasteiger partial charge on any atom is -0.492 e. The number of benzene rings is 1. The summed E-state index contributed by atoms with van der Waals surface area (Å²) in [6.07, 6.45) is 0.149. The van der Waals surface area contributed by atoms with Crippen LogP contribution in [-0.4, -0.2) is 66.9 Å². The van der Waals surface area contributed by atoms with E-state index in [1.54, 1.807) is 6.92 Å². The molecule has 1 saturated heterocycles. The van der Waals surface area contributed by atoms with Crippen molar-refractivity contribution in [2.45, 2.75) is 13.3 Å². The molecule has 2 aromatic rings. The van der Waals surface area contributed by atoms with Crippen molar-refractivity contribution < 1.29 is 19.0 Å². The summed E-state index contributed by atoms with van der Waals surface area (Å²) in [7, 11) is 0. The summed E-state index contributed by atoms with van der Waals surface area (Å²) in [4.78, 5) is 21.4. The van der Waals surface area contributed by atoms with Gasteiger partial charge in [0, 0.05) is 25.7 Å². The molecule has 0 aliphatic carbocycles. The van der Waals surface area contributed by atoms with Gasteiger partial charge in [0.05, 0.1) is 30.9 Å². The van der Waals surface area contributed by atoms with Crippen LogP contribution in [0.15, 0.2) is 18.2 Å². The standard InChI is InChI=1S/C17H23N3O4/c1-2-23-17(21)12-16-18-14-4-3-13(11-15(14)19-16)24-10-7-20-5-8-22-9-6-20/h3-4,11H,2,5-10,12H2,1H3,(H,18,19). The number of esters is 1. The molecule has 0 bridgehead atoms. The van der Waals surface area contributed by atoms with Crippen molar-refractivity contribution >= 4 is 17.0 Å². The highest BCUT2D eigenvalue weighted by atomic mass is 16.5. The second-order valence-corrected chi connectivity index (χ2v) is 5.65. The maximum atomic E-state index is 11.5. The molecule has 0 unspecified atom stereocenters. The molecular weight excluding hydrogens is 310 g/mol. The Kier molecular flexibility index (Phi) is 5.66. The predicted octanol–water partition coefficient (Wildman–Crippen LogP) is 1.38. The molecule has 1 aromatic heterocycles. The van der Waals surface area contributed by atoms with Gasteiger partial charge in [-0.25, -0.2) is 4.98 Å². The number of nitrogens with one attached hydrogen (secondary N) is 1. The van der Waals surface area contributed by atoms with Gasteiger partial charge in [-0.05, 0) is 19.1 Å². The summed E-state index contributed by atoms with van der Waals surface area (Å²) >= 11 is 0. The average Bonchev–Trinajstić information content (AvgIpc) is 2.97. The lowest BCUT2D eigenvalue weighted by molar-refractivity contribution is -0.142. The summed E-state index contributed by atoms with van der Waals surface area (Å²) in [6.45, 7) is 7.18. The van der Waals surface area contributed by atoms with Crippen molar-refractivity contribution in [1.82, 2.24) is 14.9 Å². The summed E-state index contributed by atoms with van der Waals surface area (Å²) < 4.78 is 16.1. The normalized spacial score (nSPS) is 15.5. The highest BCUT2D eigenvalue weighted by Crippen LogP contribution is 2.19. The SMILES string of the molecule is CCOC(=O)Cc1nc2cc(OCCN3CCOCC3)ccc2[nH]1. The van der Waals surface area contributed by atoms with Crippen molar-refractivity contribution in [1.29, 1.82) is 0 Å². The number of fused-ring (bicyclic) bond motifs is 1. The van der Waals surface area contributed by atoms with E-state index in [9.17, 15) is 4.79 Å². The van der Waals surface area contributed by atoms with Gasteiger partial charge in [0.2, 0.25) is 0 Å². The van der Waals surface area contributed by atoms with Gasteiger partial charge in [-0.3, -0.25) is 9.69 Å². The molecule has 1 aromatic carbocycles. The van der Waals surface area contributed by atoms with E-state index in [-0.39, 0.29) is 12.4 Å². The Labute approximate surface area is 140 Å². The van der Waals surface area contributed by atoms with E-state index in [1.165, 1.54) is 0 Å². The van der Waals surface area contributed by atoms with Gasteiger partial charge in [-0.2, -0.15) is 0 Å². The van der Waals surface area contributed by atoms with Crippen LogP contribution >= 0.6 is 0 Å². The Hall–Kier alpha value is -2.12. The molecule has 1 fully saturated rings. The smallest absolute Gasteiger partial charge is 0.313 e. The summed E-state index contributed by atoms with van der Waals surface area (Å²) in [5, 5.41) is 0. The molecular formula is C17H23N3O4. The number of H-pyrrole nitrogens is 1. The maximum absolute atomic E-state index is 11.5. The minimum absolute atomic E-state index is 0.149. The minimum atomic E-state index is -0.279. The number of ether oxygens (including phenoxy) is 3. The number of aromatic amines is 1. The number of hydrogen-bond acceptors (Lipinski definition) is 6. The zero-order chi connectivity index (χ0) is 16.8. The molecule has 0 atom stereocenters. The summed E-state index contributed by atoms with van der Waals surface area (Å²) in [5.41, 5.74) is 1.67. The summed E-state index contributed by atoms with van der Waals surface area (Å²) in [6, 6.07) is 5.72. The number of hydrogen-bond donors (Lipinski definition) is 1. The van der Waals surface area contributed by atoms with Crippen molar-refractivity contribution in [2.75, 3.05) is 46.1 Å². The first-order valence-corrected chi connectivity index (χ1v) is 8.32. The van der Waals surface area contributed by atoms with Gasteiger partial charge in [0.25, 0.3) is 0 Å². The molecule has 0 spiro atoms. The molecule has 0 radical (unpaired) electrons. The molecule has 7 heteroatoms.